The molecule has 1 aromatic rings. The van der Waals surface area contributed by atoms with Crippen molar-refractivity contribution < 1.29 is 8.42 Å². The molecule has 1 aromatic heterocycles. The van der Waals surface area contributed by atoms with Crippen molar-refractivity contribution in [3.8, 4) is 0 Å². The molecule has 0 amide bonds. The Hall–Kier alpha value is -1.37. The van der Waals surface area contributed by atoms with Gasteiger partial charge in [0, 0.05) is 24.9 Å². The highest BCUT2D eigenvalue weighted by Crippen LogP contribution is 2.19. The zero-order valence-electron chi connectivity index (χ0n) is 11.0. The first kappa shape index (κ1) is 14.7. The third-order valence-electron chi connectivity index (χ3n) is 2.41. The molecule has 2 N–H and O–H groups in total. The van der Waals surface area contributed by atoms with Gasteiger partial charge in [0.05, 0.1) is 5.75 Å². The van der Waals surface area contributed by atoms with Crippen LogP contribution >= 0.6 is 0 Å². The lowest BCUT2D eigenvalue weighted by atomic mass is 10.2. The lowest BCUT2D eigenvalue weighted by molar-refractivity contribution is 0.602. The molecule has 0 aliphatic rings. The van der Waals surface area contributed by atoms with Crippen LogP contribution in [0.15, 0.2) is 6.33 Å². The Morgan fingerprint density at radius 2 is 1.78 bits per heavy atom. The zero-order valence-corrected chi connectivity index (χ0v) is 11.8. The summed E-state index contributed by atoms with van der Waals surface area (Å²) in [6, 6.07) is 0. The molecule has 0 radical (unpaired) electrons. The van der Waals surface area contributed by atoms with Crippen molar-refractivity contribution in [2.45, 2.75) is 20.3 Å². The second-order valence-corrected chi connectivity index (χ2v) is 6.25. The van der Waals surface area contributed by atoms with Crippen LogP contribution in [0.4, 0.5) is 11.6 Å². The molecule has 1 heterocycles. The van der Waals surface area contributed by atoms with Gasteiger partial charge in [-0.05, 0) is 13.3 Å². The number of hydrogen-bond acceptors (Lipinski definition) is 6. The number of hydrogen-bond donors (Lipinski definition) is 2. The highest BCUT2D eigenvalue weighted by Gasteiger charge is 2.09. The van der Waals surface area contributed by atoms with Crippen LogP contribution < -0.4 is 10.6 Å². The first-order chi connectivity index (χ1) is 8.48. The van der Waals surface area contributed by atoms with Crippen molar-refractivity contribution in [3.05, 3.63) is 11.9 Å². The Kier molecular flexibility index (Phi) is 5.33. The van der Waals surface area contributed by atoms with Gasteiger partial charge < -0.3 is 10.6 Å². The van der Waals surface area contributed by atoms with Crippen LogP contribution in [0.25, 0.3) is 0 Å². The van der Waals surface area contributed by atoms with E-state index in [9.17, 15) is 8.42 Å². The Balaban J connectivity index is 2.78. The van der Waals surface area contributed by atoms with Gasteiger partial charge >= 0.3 is 0 Å². The molecule has 0 aliphatic heterocycles. The van der Waals surface area contributed by atoms with E-state index in [1.165, 1.54) is 12.6 Å². The Morgan fingerprint density at radius 1 is 1.17 bits per heavy atom. The number of rotatable bonds is 7. The first-order valence-electron chi connectivity index (χ1n) is 5.97. The summed E-state index contributed by atoms with van der Waals surface area (Å²) in [5.74, 6) is 1.60. The average Bonchev–Trinajstić information content (AvgIpc) is 2.28. The van der Waals surface area contributed by atoms with E-state index in [-0.39, 0.29) is 5.75 Å². The van der Waals surface area contributed by atoms with Crippen molar-refractivity contribution in [2.75, 3.05) is 35.7 Å². The Morgan fingerprint density at radius 3 is 2.28 bits per heavy atom. The normalized spacial score (nSPS) is 11.3. The highest BCUT2D eigenvalue weighted by atomic mass is 32.2. The molecule has 0 bridgehead atoms. The van der Waals surface area contributed by atoms with Crippen LogP contribution in [0.3, 0.4) is 0 Å². The molecular formula is C11H20N4O2S. The Bertz CT molecular complexity index is 488. The average molecular weight is 272 g/mol. The second-order valence-electron chi connectivity index (χ2n) is 3.99. The number of sulfone groups is 1. The molecule has 0 unspecified atom stereocenters. The van der Waals surface area contributed by atoms with Crippen molar-refractivity contribution in [1.82, 2.24) is 9.97 Å². The van der Waals surface area contributed by atoms with Crippen LogP contribution in [0, 0.1) is 0 Å². The van der Waals surface area contributed by atoms with Crippen molar-refractivity contribution in [1.29, 1.82) is 0 Å². The fourth-order valence-corrected chi connectivity index (χ4v) is 2.05. The molecule has 0 aliphatic carbocycles. The van der Waals surface area contributed by atoms with E-state index in [2.05, 4.69) is 20.6 Å². The van der Waals surface area contributed by atoms with Gasteiger partial charge in [0.25, 0.3) is 0 Å². The molecule has 0 saturated carbocycles. The van der Waals surface area contributed by atoms with Gasteiger partial charge in [0.2, 0.25) is 0 Å². The summed E-state index contributed by atoms with van der Waals surface area (Å²) in [5.41, 5.74) is 0.979. The number of nitrogens with zero attached hydrogens (tertiary/aromatic N) is 2. The van der Waals surface area contributed by atoms with Crippen molar-refractivity contribution in [3.63, 3.8) is 0 Å². The summed E-state index contributed by atoms with van der Waals surface area (Å²) in [6.45, 7) is 5.15. The Labute approximate surface area is 108 Å². The first-order valence-corrected chi connectivity index (χ1v) is 8.03. The molecule has 0 spiro atoms. The lowest BCUT2D eigenvalue weighted by Gasteiger charge is -2.13. The monoisotopic (exact) mass is 272 g/mol. The minimum Gasteiger partial charge on any atom is -0.370 e. The molecule has 0 saturated heterocycles. The number of anilines is 2. The van der Waals surface area contributed by atoms with E-state index in [0.717, 1.165) is 24.3 Å². The maximum atomic E-state index is 11.1. The maximum Gasteiger partial charge on any atom is 0.149 e. The SMILES string of the molecule is CCNc1ncnc(NCCS(C)(=O)=O)c1CC. The van der Waals surface area contributed by atoms with Crippen LogP contribution in [0.1, 0.15) is 19.4 Å². The summed E-state index contributed by atoms with van der Waals surface area (Å²) < 4.78 is 22.1. The predicted octanol–water partition coefficient (Wildman–Crippen LogP) is 0.927. The van der Waals surface area contributed by atoms with Gasteiger partial charge in [-0.3, -0.25) is 0 Å². The van der Waals surface area contributed by atoms with Crippen molar-refractivity contribution in [2.24, 2.45) is 0 Å². The van der Waals surface area contributed by atoms with Crippen LogP contribution in [-0.4, -0.2) is 43.5 Å². The standard InChI is InChI=1S/C11H20N4O2S/c1-4-9-10(12-5-2)14-8-15-11(9)13-6-7-18(3,16)17/h8H,4-7H2,1-3H3,(H2,12,13,14,15). The van der Waals surface area contributed by atoms with Crippen LogP contribution in [0.5, 0.6) is 0 Å². The molecular weight excluding hydrogens is 252 g/mol. The van der Waals surface area contributed by atoms with Gasteiger partial charge in [0.1, 0.15) is 27.8 Å². The molecule has 7 heteroatoms. The van der Waals surface area contributed by atoms with Gasteiger partial charge in [-0.1, -0.05) is 6.92 Å². The topological polar surface area (TPSA) is 84.0 Å². The van der Waals surface area contributed by atoms with E-state index >= 15 is 0 Å². The number of nitrogens with one attached hydrogen (secondary N) is 2. The molecule has 102 valence electrons. The molecule has 6 nitrogen and oxygen atoms in total. The largest absolute Gasteiger partial charge is 0.370 e. The smallest absolute Gasteiger partial charge is 0.149 e. The third-order valence-corrected chi connectivity index (χ3v) is 3.35. The van der Waals surface area contributed by atoms with Crippen molar-refractivity contribution >= 4 is 21.5 Å². The summed E-state index contributed by atoms with van der Waals surface area (Å²) in [4.78, 5) is 8.33. The van der Waals surface area contributed by atoms with Crippen LogP contribution in [-0.2, 0) is 16.3 Å². The molecule has 18 heavy (non-hydrogen) atoms. The van der Waals surface area contributed by atoms with Gasteiger partial charge in [0.15, 0.2) is 0 Å². The minimum absolute atomic E-state index is 0.0939. The van der Waals surface area contributed by atoms with Gasteiger partial charge in [-0.25, -0.2) is 18.4 Å². The summed E-state index contributed by atoms with van der Waals surface area (Å²) in [5, 5.41) is 6.21. The van der Waals surface area contributed by atoms with Gasteiger partial charge in [-0.15, -0.1) is 0 Å². The predicted molar refractivity (Wildman–Crippen MR) is 73.8 cm³/mol. The van der Waals surface area contributed by atoms with E-state index in [0.29, 0.717) is 12.4 Å². The summed E-state index contributed by atoms with van der Waals surface area (Å²) >= 11 is 0. The third kappa shape index (κ3) is 4.48. The molecule has 0 aromatic carbocycles. The van der Waals surface area contributed by atoms with E-state index in [1.54, 1.807) is 0 Å². The fraction of sp³-hybridized carbons (Fsp3) is 0.636. The molecule has 0 atom stereocenters. The zero-order chi connectivity index (χ0) is 13.6. The second kappa shape index (κ2) is 6.53. The molecule has 1 rings (SSSR count). The fourth-order valence-electron chi connectivity index (χ4n) is 1.57. The summed E-state index contributed by atoms with van der Waals surface area (Å²) in [7, 11) is -2.96. The van der Waals surface area contributed by atoms with E-state index in [1.807, 2.05) is 13.8 Å². The quantitative estimate of drug-likeness (QED) is 0.768. The summed E-state index contributed by atoms with van der Waals surface area (Å²) in [6.07, 6.45) is 3.48. The number of aromatic nitrogens is 2. The minimum atomic E-state index is -2.96. The molecule has 0 fully saturated rings. The van der Waals surface area contributed by atoms with E-state index in [4.69, 9.17) is 0 Å². The van der Waals surface area contributed by atoms with Crippen LogP contribution in [0.2, 0.25) is 0 Å². The lowest BCUT2D eigenvalue weighted by Crippen LogP contribution is -2.16. The van der Waals surface area contributed by atoms with E-state index < -0.39 is 9.84 Å². The van der Waals surface area contributed by atoms with Gasteiger partial charge in [-0.2, -0.15) is 0 Å². The maximum absolute atomic E-state index is 11.1. The highest BCUT2D eigenvalue weighted by molar-refractivity contribution is 7.90.